The first-order chi connectivity index (χ1) is 10.2. The largest absolute Gasteiger partial charge is 0.493 e. The molecule has 21 heavy (non-hydrogen) atoms. The van der Waals surface area contributed by atoms with Gasteiger partial charge in [0.05, 0.1) is 32.6 Å². The molecule has 1 unspecified atom stereocenters. The first-order valence-electron chi connectivity index (χ1n) is 7.06. The van der Waals surface area contributed by atoms with Crippen LogP contribution in [-0.4, -0.2) is 38.1 Å². The maximum Gasteiger partial charge on any atom is 0.227 e. The first-order valence-corrected chi connectivity index (χ1v) is 7.06. The van der Waals surface area contributed by atoms with Crippen molar-refractivity contribution in [2.45, 2.75) is 19.3 Å². The second kappa shape index (κ2) is 6.98. The highest BCUT2D eigenvalue weighted by Crippen LogP contribution is 2.28. The Hall–Kier alpha value is -2.22. The van der Waals surface area contributed by atoms with Gasteiger partial charge in [0, 0.05) is 13.1 Å². The summed E-state index contributed by atoms with van der Waals surface area (Å²) < 4.78 is 10.4. The summed E-state index contributed by atoms with van der Waals surface area (Å²) >= 11 is 0. The molecule has 1 saturated heterocycles. The van der Waals surface area contributed by atoms with E-state index in [1.807, 2.05) is 12.1 Å². The monoisotopic (exact) mass is 288 g/mol. The van der Waals surface area contributed by atoms with E-state index in [2.05, 4.69) is 6.07 Å². The predicted molar refractivity (Wildman–Crippen MR) is 78.2 cm³/mol. The summed E-state index contributed by atoms with van der Waals surface area (Å²) in [5.41, 5.74) is 0.886. The van der Waals surface area contributed by atoms with Gasteiger partial charge in [-0.25, -0.2) is 0 Å². The zero-order chi connectivity index (χ0) is 15.2. The number of carbonyl (C=O) groups excluding carboxylic acids is 1. The smallest absolute Gasteiger partial charge is 0.227 e. The van der Waals surface area contributed by atoms with Gasteiger partial charge in [-0.1, -0.05) is 6.07 Å². The highest BCUT2D eigenvalue weighted by Gasteiger charge is 2.23. The third-order valence-electron chi connectivity index (χ3n) is 3.76. The fraction of sp³-hybridized carbons (Fsp3) is 0.500. The predicted octanol–water partition coefficient (Wildman–Crippen LogP) is 2.01. The molecule has 2 rings (SSSR count). The lowest BCUT2D eigenvalue weighted by molar-refractivity contribution is -0.131. The number of benzene rings is 1. The number of hydrogen-bond donors (Lipinski definition) is 0. The van der Waals surface area contributed by atoms with Crippen LogP contribution < -0.4 is 9.47 Å². The average Bonchev–Trinajstić information content (AvgIpc) is 2.54. The Kier molecular flexibility index (Phi) is 5.04. The highest BCUT2D eigenvalue weighted by molar-refractivity contribution is 5.79. The van der Waals surface area contributed by atoms with Crippen LogP contribution in [0.5, 0.6) is 11.5 Å². The Bertz CT molecular complexity index is 551. The molecule has 1 aliphatic heterocycles. The topological polar surface area (TPSA) is 62.6 Å². The Morgan fingerprint density at radius 2 is 2.14 bits per heavy atom. The minimum atomic E-state index is -0.0342. The van der Waals surface area contributed by atoms with Crippen molar-refractivity contribution >= 4 is 5.91 Å². The molecular weight excluding hydrogens is 268 g/mol. The van der Waals surface area contributed by atoms with E-state index in [1.165, 1.54) is 0 Å². The van der Waals surface area contributed by atoms with Crippen LogP contribution in [0, 0.1) is 17.2 Å². The summed E-state index contributed by atoms with van der Waals surface area (Å²) in [7, 11) is 3.16. The molecule has 1 aliphatic rings. The zero-order valence-electron chi connectivity index (χ0n) is 12.5. The Labute approximate surface area is 125 Å². The molecule has 1 aromatic carbocycles. The Balaban J connectivity index is 2.04. The summed E-state index contributed by atoms with van der Waals surface area (Å²) in [6.07, 6.45) is 2.10. The van der Waals surface area contributed by atoms with Crippen LogP contribution in [-0.2, 0) is 11.2 Å². The van der Waals surface area contributed by atoms with Crippen LogP contribution in [0.3, 0.4) is 0 Å². The molecule has 0 saturated carbocycles. The second-order valence-electron chi connectivity index (χ2n) is 5.17. The number of methoxy groups -OCH3 is 2. The molecule has 0 aliphatic carbocycles. The van der Waals surface area contributed by atoms with Gasteiger partial charge in [0.1, 0.15) is 0 Å². The molecule has 1 fully saturated rings. The molecule has 0 radical (unpaired) electrons. The Morgan fingerprint density at radius 1 is 1.38 bits per heavy atom. The van der Waals surface area contributed by atoms with Crippen molar-refractivity contribution in [3.63, 3.8) is 0 Å². The molecule has 5 heteroatoms. The normalized spacial score (nSPS) is 18.0. The van der Waals surface area contributed by atoms with Gasteiger partial charge in [0.25, 0.3) is 0 Å². The Morgan fingerprint density at radius 3 is 2.81 bits per heavy atom. The van der Waals surface area contributed by atoms with E-state index in [-0.39, 0.29) is 11.8 Å². The molecule has 0 aromatic heterocycles. The fourth-order valence-corrected chi connectivity index (χ4v) is 2.59. The second-order valence-corrected chi connectivity index (χ2v) is 5.17. The van der Waals surface area contributed by atoms with E-state index in [1.54, 1.807) is 25.2 Å². The van der Waals surface area contributed by atoms with Crippen molar-refractivity contribution in [3.05, 3.63) is 23.8 Å². The van der Waals surface area contributed by atoms with Crippen molar-refractivity contribution in [1.29, 1.82) is 5.26 Å². The van der Waals surface area contributed by atoms with E-state index in [9.17, 15) is 4.79 Å². The maximum atomic E-state index is 12.3. The first kappa shape index (κ1) is 15.2. The molecule has 0 spiro atoms. The van der Waals surface area contributed by atoms with Gasteiger partial charge in [0.15, 0.2) is 11.5 Å². The summed E-state index contributed by atoms with van der Waals surface area (Å²) in [5.74, 6) is 1.29. The van der Waals surface area contributed by atoms with E-state index >= 15 is 0 Å². The summed E-state index contributed by atoms with van der Waals surface area (Å²) in [6, 6.07) is 7.74. The summed E-state index contributed by atoms with van der Waals surface area (Å²) in [6.45, 7) is 1.28. The molecule has 112 valence electrons. The van der Waals surface area contributed by atoms with Crippen molar-refractivity contribution in [1.82, 2.24) is 4.90 Å². The number of hydrogen-bond acceptors (Lipinski definition) is 4. The number of nitrogens with zero attached hydrogens (tertiary/aromatic N) is 2. The van der Waals surface area contributed by atoms with Crippen LogP contribution in [0.1, 0.15) is 18.4 Å². The molecule has 1 atom stereocenters. The number of likely N-dealkylation sites (tertiary alicyclic amines) is 1. The van der Waals surface area contributed by atoms with Crippen LogP contribution in [0.2, 0.25) is 0 Å². The number of rotatable bonds is 4. The van der Waals surface area contributed by atoms with Crippen LogP contribution in [0.25, 0.3) is 0 Å². The average molecular weight is 288 g/mol. The van der Waals surface area contributed by atoms with E-state index in [4.69, 9.17) is 14.7 Å². The van der Waals surface area contributed by atoms with Gasteiger partial charge >= 0.3 is 0 Å². The van der Waals surface area contributed by atoms with Crippen molar-refractivity contribution < 1.29 is 14.3 Å². The van der Waals surface area contributed by atoms with Gasteiger partial charge in [-0.3, -0.25) is 4.79 Å². The SMILES string of the molecule is COc1ccc(CC(=O)N2CCCC(C#N)C2)cc1OC. The van der Waals surface area contributed by atoms with Gasteiger partial charge in [0.2, 0.25) is 5.91 Å². The van der Waals surface area contributed by atoms with Crippen molar-refractivity contribution in [3.8, 4) is 17.6 Å². The van der Waals surface area contributed by atoms with E-state index in [0.29, 0.717) is 24.5 Å². The standard InChI is InChI=1S/C16H20N2O3/c1-20-14-6-5-12(8-15(14)21-2)9-16(19)18-7-3-4-13(10-17)11-18/h5-6,8,13H,3-4,7,9,11H2,1-2H3. The lowest BCUT2D eigenvalue weighted by Gasteiger charge is -2.29. The zero-order valence-corrected chi connectivity index (χ0v) is 12.5. The number of carbonyl (C=O) groups is 1. The van der Waals surface area contributed by atoms with Crippen molar-refractivity contribution in [2.75, 3.05) is 27.3 Å². The number of ether oxygens (including phenoxy) is 2. The summed E-state index contributed by atoms with van der Waals surface area (Å²) in [5, 5.41) is 8.99. The van der Waals surface area contributed by atoms with Crippen LogP contribution in [0.4, 0.5) is 0 Å². The third-order valence-corrected chi connectivity index (χ3v) is 3.76. The van der Waals surface area contributed by atoms with Gasteiger partial charge in [-0.15, -0.1) is 0 Å². The molecule has 0 N–H and O–H groups in total. The summed E-state index contributed by atoms with van der Waals surface area (Å²) in [4.78, 5) is 14.1. The minimum Gasteiger partial charge on any atom is -0.493 e. The number of piperidine rings is 1. The highest BCUT2D eigenvalue weighted by atomic mass is 16.5. The van der Waals surface area contributed by atoms with E-state index in [0.717, 1.165) is 24.9 Å². The third kappa shape index (κ3) is 3.66. The van der Waals surface area contributed by atoms with Gasteiger partial charge < -0.3 is 14.4 Å². The molecule has 0 bridgehead atoms. The van der Waals surface area contributed by atoms with Gasteiger partial charge in [-0.2, -0.15) is 5.26 Å². The molecule has 1 aromatic rings. The fourth-order valence-electron chi connectivity index (χ4n) is 2.59. The van der Waals surface area contributed by atoms with E-state index < -0.39 is 0 Å². The minimum absolute atomic E-state index is 0.0342. The van der Waals surface area contributed by atoms with Gasteiger partial charge in [-0.05, 0) is 30.5 Å². The molecule has 5 nitrogen and oxygen atoms in total. The maximum absolute atomic E-state index is 12.3. The molecule has 1 amide bonds. The number of amides is 1. The van der Waals surface area contributed by atoms with Crippen LogP contribution in [0.15, 0.2) is 18.2 Å². The lowest BCUT2D eigenvalue weighted by atomic mass is 9.99. The molecule has 1 heterocycles. The lowest BCUT2D eigenvalue weighted by Crippen LogP contribution is -2.40. The van der Waals surface area contributed by atoms with Crippen molar-refractivity contribution in [2.24, 2.45) is 5.92 Å². The molecular formula is C16H20N2O3. The van der Waals surface area contributed by atoms with Crippen LogP contribution >= 0.6 is 0 Å². The quantitative estimate of drug-likeness (QED) is 0.850. The number of nitriles is 1.